The molecule has 0 fully saturated rings. The number of benzene rings is 1. The molecule has 82 valence electrons. The minimum atomic E-state index is -0.542. The summed E-state index contributed by atoms with van der Waals surface area (Å²) < 4.78 is 0. The van der Waals surface area contributed by atoms with Gasteiger partial charge in [-0.15, -0.1) is 0 Å². The van der Waals surface area contributed by atoms with E-state index in [1.165, 1.54) is 0 Å². The number of carbonyl (C=O) groups excluding carboxylic acids is 1. The summed E-state index contributed by atoms with van der Waals surface area (Å²) in [6, 6.07) is 5.21. The van der Waals surface area contributed by atoms with Crippen LogP contribution in [0.3, 0.4) is 0 Å². The number of anilines is 2. The molecule has 0 saturated heterocycles. The van der Waals surface area contributed by atoms with Gasteiger partial charge in [0.15, 0.2) is 0 Å². The predicted octanol–water partition coefficient (Wildman–Crippen LogP) is 1.34. The second kappa shape index (κ2) is 5.00. The van der Waals surface area contributed by atoms with Crippen LogP contribution in [0.25, 0.3) is 0 Å². The Hall–Kier alpha value is -1.26. The lowest BCUT2D eigenvalue weighted by Gasteiger charge is -2.19. The summed E-state index contributed by atoms with van der Waals surface area (Å²) in [7, 11) is 3.66. The number of rotatable bonds is 3. The number of carbonyl (C=O) groups is 1. The number of aliphatic hydroxyl groups excluding tert-OH is 1. The first-order valence-electron chi connectivity index (χ1n) is 4.42. The molecule has 0 atom stereocenters. The first-order valence-corrected chi connectivity index (χ1v) is 4.80. The third kappa shape index (κ3) is 2.84. The van der Waals surface area contributed by atoms with Crippen LogP contribution in [0.1, 0.15) is 0 Å². The Balaban J connectivity index is 3.06. The van der Waals surface area contributed by atoms with Crippen molar-refractivity contribution in [1.82, 2.24) is 0 Å². The van der Waals surface area contributed by atoms with E-state index >= 15 is 0 Å². The van der Waals surface area contributed by atoms with Gasteiger partial charge in [-0.05, 0) is 12.1 Å². The van der Waals surface area contributed by atoms with Crippen LogP contribution >= 0.6 is 11.6 Å². The van der Waals surface area contributed by atoms with Gasteiger partial charge in [-0.3, -0.25) is 4.79 Å². The van der Waals surface area contributed by atoms with Crippen molar-refractivity contribution in [2.45, 2.75) is 0 Å². The fourth-order valence-electron chi connectivity index (χ4n) is 1.26. The van der Waals surface area contributed by atoms with Crippen molar-refractivity contribution >= 4 is 28.9 Å². The second-order valence-electron chi connectivity index (χ2n) is 3.24. The van der Waals surface area contributed by atoms with Crippen LogP contribution in [0.5, 0.6) is 0 Å². The Morgan fingerprint density at radius 3 is 2.73 bits per heavy atom. The zero-order chi connectivity index (χ0) is 11.4. The van der Waals surface area contributed by atoms with E-state index in [9.17, 15) is 4.79 Å². The third-order valence-electron chi connectivity index (χ3n) is 1.85. The summed E-state index contributed by atoms with van der Waals surface area (Å²) in [6.07, 6.45) is 0. The average molecular weight is 229 g/mol. The molecule has 0 radical (unpaired) electrons. The maximum Gasteiger partial charge on any atom is 0.250 e. The maximum atomic E-state index is 11.0. The van der Waals surface area contributed by atoms with Crippen molar-refractivity contribution in [3.05, 3.63) is 23.2 Å². The molecule has 0 aromatic heterocycles. The van der Waals surface area contributed by atoms with Crippen molar-refractivity contribution in [2.75, 3.05) is 30.9 Å². The molecule has 15 heavy (non-hydrogen) atoms. The van der Waals surface area contributed by atoms with Gasteiger partial charge < -0.3 is 15.3 Å². The number of aliphatic hydroxyl groups is 1. The highest BCUT2D eigenvalue weighted by Crippen LogP contribution is 2.32. The van der Waals surface area contributed by atoms with Crippen molar-refractivity contribution < 1.29 is 9.90 Å². The van der Waals surface area contributed by atoms with Crippen LogP contribution < -0.4 is 10.2 Å². The van der Waals surface area contributed by atoms with Gasteiger partial charge in [-0.2, -0.15) is 0 Å². The molecule has 0 saturated carbocycles. The molecule has 1 aromatic carbocycles. The molecule has 1 rings (SSSR count). The van der Waals surface area contributed by atoms with Gasteiger partial charge in [0, 0.05) is 14.1 Å². The SMILES string of the molecule is CN(C)c1c(Cl)cccc1NC(=O)CO. The molecule has 0 unspecified atom stereocenters. The van der Waals surface area contributed by atoms with Crippen molar-refractivity contribution in [2.24, 2.45) is 0 Å². The summed E-state index contributed by atoms with van der Waals surface area (Å²) in [5, 5.41) is 11.8. The molecule has 0 aliphatic heterocycles. The molecule has 1 aromatic rings. The first kappa shape index (κ1) is 11.8. The normalized spacial score (nSPS) is 9.87. The van der Waals surface area contributed by atoms with Crippen molar-refractivity contribution in [3.63, 3.8) is 0 Å². The summed E-state index contributed by atoms with van der Waals surface area (Å²) >= 11 is 6.00. The predicted molar refractivity (Wildman–Crippen MR) is 61.5 cm³/mol. The highest BCUT2D eigenvalue weighted by Gasteiger charge is 2.10. The molecule has 0 heterocycles. The number of hydrogen-bond acceptors (Lipinski definition) is 3. The molecule has 0 bridgehead atoms. The number of halogens is 1. The Labute approximate surface area is 93.5 Å². The van der Waals surface area contributed by atoms with Crippen LogP contribution in [-0.2, 0) is 4.79 Å². The van der Waals surface area contributed by atoms with E-state index in [-0.39, 0.29) is 0 Å². The monoisotopic (exact) mass is 228 g/mol. The third-order valence-corrected chi connectivity index (χ3v) is 2.16. The van der Waals surface area contributed by atoms with Crippen LogP contribution in [0, 0.1) is 0 Å². The number of amides is 1. The second-order valence-corrected chi connectivity index (χ2v) is 3.64. The van der Waals surface area contributed by atoms with Crippen LogP contribution in [-0.4, -0.2) is 31.7 Å². The van der Waals surface area contributed by atoms with E-state index in [1.807, 2.05) is 14.1 Å². The van der Waals surface area contributed by atoms with E-state index < -0.39 is 12.5 Å². The molecule has 0 spiro atoms. The van der Waals surface area contributed by atoms with E-state index in [0.717, 1.165) is 5.69 Å². The summed E-state index contributed by atoms with van der Waals surface area (Å²) in [6.45, 7) is -0.542. The van der Waals surface area contributed by atoms with Crippen molar-refractivity contribution in [1.29, 1.82) is 0 Å². The Morgan fingerprint density at radius 1 is 1.53 bits per heavy atom. The van der Waals surface area contributed by atoms with Gasteiger partial charge >= 0.3 is 0 Å². The highest BCUT2D eigenvalue weighted by atomic mass is 35.5. The molecular formula is C10H13ClN2O2. The van der Waals surface area contributed by atoms with E-state index in [0.29, 0.717) is 10.7 Å². The quantitative estimate of drug-likeness (QED) is 0.821. The lowest BCUT2D eigenvalue weighted by atomic mass is 10.2. The smallest absolute Gasteiger partial charge is 0.250 e. The topological polar surface area (TPSA) is 52.6 Å². The van der Waals surface area contributed by atoms with Gasteiger partial charge in [0.2, 0.25) is 5.91 Å². The minimum Gasteiger partial charge on any atom is -0.387 e. The standard InChI is InChI=1S/C10H13ClN2O2/c1-13(2)10-7(11)4-3-5-8(10)12-9(15)6-14/h3-5,14H,6H2,1-2H3,(H,12,15). The minimum absolute atomic E-state index is 0.458. The zero-order valence-electron chi connectivity index (χ0n) is 8.62. The lowest BCUT2D eigenvalue weighted by Crippen LogP contribution is -2.19. The van der Waals surface area contributed by atoms with Crippen LogP contribution in [0.4, 0.5) is 11.4 Å². The van der Waals surface area contributed by atoms with Gasteiger partial charge in [0.05, 0.1) is 16.4 Å². The fraction of sp³-hybridized carbons (Fsp3) is 0.300. The van der Waals surface area contributed by atoms with Gasteiger partial charge in [0.1, 0.15) is 6.61 Å². The average Bonchev–Trinajstić information content (AvgIpc) is 2.17. The maximum absolute atomic E-state index is 11.0. The van der Waals surface area contributed by atoms with E-state index in [2.05, 4.69) is 5.32 Å². The molecule has 1 amide bonds. The molecule has 0 aliphatic rings. The van der Waals surface area contributed by atoms with Crippen LogP contribution in [0.15, 0.2) is 18.2 Å². The van der Waals surface area contributed by atoms with Gasteiger partial charge in [-0.1, -0.05) is 17.7 Å². The number of para-hydroxylation sites is 1. The number of nitrogens with one attached hydrogen (secondary N) is 1. The zero-order valence-corrected chi connectivity index (χ0v) is 9.38. The highest BCUT2D eigenvalue weighted by molar-refractivity contribution is 6.34. The lowest BCUT2D eigenvalue weighted by molar-refractivity contribution is -0.118. The van der Waals surface area contributed by atoms with Gasteiger partial charge in [-0.25, -0.2) is 0 Å². The van der Waals surface area contributed by atoms with Crippen LogP contribution in [0.2, 0.25) is 5.02 Å². The fourth-order valence-corrected chi connectivity index (χ4v) is 1.60. The molecule has 5 heteroatoms. The Bertz CT molecular complexity index is 366. The summed E-state index contributed by atoms with van der Waals surface area (Å²) in [5.74, 6) is -0.458. The molecule has 0 aliphatic carbocycles. The molecule has 2 N–H and O–H groups in total. The summed E-state index contributed by atoms with van der Waals surface area (Å²) in [4.78, 5) is 12.8. The number of hydrogen-bond donors (Lipinski definition) is 2. The van der Waals surface area contributed by atoms with Crippen molar-refractivity contribution in [3.8, 4) is 0 Å². The van der Waals surface area contributed by atoms with Gasteiger partial charge in [0.25, 0.3) is 0 Å². The van der Waals surface area contributed by atoms with E-state index in [4.69, 9.17) is 16.7 Å². The van der Waals surface area contributed by atoms with E-state index in [1.54, 1.807) is 23.1 Å². The number of nitrogens with zero attached hydrogens (tertiary/aromatic N) is 1. The first-order chi connectivity index (χ1) is 7.06. The molecule has 4 nitrogen and oxygen atoms in total. The summed E-state index contributed by atoms with van der Waals surface area (Å²) in [5.41, 5.74) is 1.31. The largest absolute Gasteiger partial charge is 0.387 e. The Kier molecular flexibility index (Phi) is 3.94. The molecular weight excluding hydrogens is 216 g/mol. The Morgan fingerprint density at radius 2 is 2.20 bits per heavy atom.